The van der Waals surface area contributed by atoms with E-state index in [4.69, 9.17) is 5.73 Å². The van der Waals surface area contributed by atoms with Crippen LogP contribution in [-0.4, -0.2) is 48.9 Å². The van der Waals surface area contributed by atoms with E-state index >= 15 is 0 Å². The monoisotopic (exact) mass is 289 g/mol. The summed E-state index contributed by atoms with van der Waals surface area (Å²) in [6.07, 6.45) is 4.86. The Hall–Kier alpha value is -1.39. The summed E-state index contributed by atoms with van der Waals surface area (Å²) in [5.74, 6) is -0.000312. The van der Waals surface area contributed by atoms with Gasteiger partial charge in [0.05, 0.1) is 0 Å². The first-order chi connectivity index (χ1) is 10.1. The number of carbonyl (C=O) groups excluding carboxylic acids is 1. The Morgan fingerprint density at radius 2 is 2.10 bits per heavy atom. The van der Waals surface area contributed by atoms with Crippen LogP contribution in [-0.2, 0) is 4.79 Å². The summed E-state index contributed by atoms with van der Waals surface area (Å²) < 4.78 is 0. The predicted octanol–water partition coefficient (Wildman–Crippen LogP) is 2.02. The van der Waals surface area contributed by atoms with Gasteiger partial charge in [0.15, 0.2) is 0 Å². The van der Waals surface area contributed by atoms with Crippen LogP contribution >= 0.6 is 0 Å². The molecule has 1 amide bonds. The third-order valence-corrected chi connectivity index (χ3v) is 4.52. The van der Waals surface area contributed by atoms with Gasteiger partial charge in [-0.15, -0.1) is 0 Å². The third-order valence-electron chi connectivity index (χ3n) is 4.52. The molecule has 0 bridgehead atoms. The molecule has 0 saturated carbocycles. The molecule has 21 heavy (non-hydrogen) atoms. The number of carbonyl (C=O) groups is 1. The highest BCUT2D eigenvalue weighted by Crippen LogP contribution is 2.19. The summed E-state index contributed by atoms with van der Waals surface area (Å²) in [4.78, 5) is 16.6. The minimum atomic E-state index is -0.555. The second kappa shape index (κ2) is 7.57. The molecular weight excluding hydrogens is 262 g/mol. The molecule has 1 aromatic carbocycles. The van der Waals surface area contributed by atoms with Crippen molar-refractivity contribution >= 4 is 5.91 Å². The van der Waals surface area contributed by atoms with Crippen molar-refractivity contribution in [1.29, 1.82) is 0 Å². The number of hydrogen-bond donors (Lipinski definition) is 1. The SMILES string of the molecule is CN(CCC1CCCCN1C)C(=O)C(N)c1ccccc1. The lowest BCUT2D eigenvalue weighted by Gasteiger charge is -2.33. The van der Waals surface area contributed by atoms with Crippen molar-refractivity contribution in [2.24, 2.45) is 5.73 Å². The zero-order chi connectivity index (χ0) is 15.2. The molecule has 0 aliphatic carbocycles. The van der Waals surface area contributed by atoms with Crippen LogP contribution in [0.1, 0.15) is 37.3 Å². The molecule has 1 aliphatic rings. The van der Waals surface area contributed by atoms with E-state index in [1.165, 1.54) is 25.8 Å². The first kappa shape index (κ1) is 16.0. The molecule has 1 aromatic rings. The fraction of sp³-hybridized carbons (Fsp3) is 0.588. The minimum Gasteiger partial charge on any atom is -0.344 e. The Balaban J connectivity index is 1.85. The summed E-state index contributed by atoms with van der Waals surface area (Å²) in [5, 5.41) is 0. The van der Waals surface area contributed by atoms with Gasteiger partial charge in [-0.25, -0.2) is 0 Å². The van der Waals surface area contributed by atoms with E-state index in [9.17, 15) is 4.79 Å². The molecule has 0 radical (unpaired) electrons. The van der Waals surface area contributed by atoms with Crippen molar-refractivity contribution in [3.05, 3.63) is 35.9 Å². The van der Waals surface area contributed by atoms with Gasteiger partial charge in [-0.2, -0.15) is 0 Å². The lowest BCUT2D eigenvalue weighted by atomic mass is 9.99. The normalized spacial score (nSPS) is 21.0. The summed E-state index contributed by atoms with van der Waals surface area (Å²) in [7, 11) is 4.04. The number of likely N-dealkylation sites (N-methyl/N-ethyl adjacent to an activating group) is 1. The van der Waals surface area contributed by atoms with Crippen LogP contribution in [0.15, 0.2) is 30.3 Å². The number of likely N-dealkylation sites (tertiary alicyclic amines) is 1. The van der Waals surface area contributed by atoms with Crippen LogP contribution in [0.2, 0.25) is 0 Å². The Labute approximate surface area is 127 Å². The average Bonchev–Trinajstić information content (AvgIpc) is 2.53. The molecule has 1 fully saturated rings. The zero-order valence-electron chi connectivity index (χ0n) is 13.2. The van der Waals surface area contributed by atoms with Crippen LogP contribution in [0, 0.1) is 0 Å². The predicted molar refractivity (Wildman–Crippen MR) is 85.9 cm³/mol. The van der Waals surface area contributed by atoms with Gasteiger partial charge in [-0.3, -0.25) is 4.79 Å². The van der Waals surface area contributed by atoms with E-state index in [1.807, 2.05) is 37.4 Å². The zero-order valence-corrected chi connectivity index (χ0v) is 13.2. The summed E-state index contributed by atoms with van der Waals surface area (Å²) in [5.41, 5.74) is 6.95. The number of amides is 1. The number of piperidine rings is 1. The molecule has 1 saturated heterocycles. The smallest absolute Gasteiger partial charge is 0.243 e. The van der Waals surface area contributed by atoms with Gasteiger partial charge in [0, 0.05) is 19.6 Å². The Bertz CT molecular complexity index is 449. The van der Waals surface area contributed by atoms with Crippen LogP contribution < -0.4 is 5.73 Å². The Morgan fingerprint density at radius 3 is 2.76 bits per heavy atom. The molecular formula is C17H27N3O. The molecule has 2 atom stereocenters. The summed E-state index contributed by atoms with van der Waals surface area (Å²) >= 11 is 0. The highest BCUT2D eigenvalue weighted by molar-refractivity contribution is 5.82. The number of benzene rings is 1. The molecule has 4 heteroatoms. The van der Waals surface area contributed by atoms with Crippen LogP contribution in [0.25, 0.3) is 0 Å². The molecule has 2 rings (SSSR count). The molecule has 1 heterocycles. The highest BCUT2D eigenvalue weighted by atomic mass is 16.2. The first-order valence-electron chi connectivity index (χ1n) is 7.85. The van der Waals surface area contributed by atoms with Gasteiger partial charge < -0.3 is 15.5 Å². The Kier molecular flexibility index (Phi) is 5.76. The fourth-order valence-corrected chi connectivity index (χ4v) is 3.00. The second-order valence-corrected chi connectivity index (χ2v) is 6.07. The van der Waals surface area contributed by atoms with E-state index < -0.39 is 6.04 Å². The van der Waals surface area contributed by atoms with Crippen molar-refractivity contribution in [2.75, 3.05) is 27.2 Å². The topological polar surface area (TPSA) is 49.6 Å². The van der Waals surface area contributed by atoms with E-state index in [0.717, 1.165) is 18.5 Å². The van der Waals surface area contributed by atoms with Crippen molar-refractivity contribution in [3.8, 4) is 0 Å². The van der Waals surface area contributed by atoms with Crippen molar-refractivity contribution in [1.82, 2.24) is 9.80 Å². The van der Waals surface area contributed by atoms with Crippen LogP contribution in [0.4, 0.5) is 0 Å². The molecule has 4 nitrogen and oxygen atoms in total. The van der Waals surface area contributed by atoms with Gasteiger partial charge in [0.2, 0.25) is 5.91 Å². The van der Waals surface area contributed by atoms with Crippen molar-refractivity contribution in [2.45, 2.75) is 37.8 Å². The first-order valence-corrected chi connectivity index (χ1v) is 7.85. The summed E-state index contributed by atoms with van der Waals surface area (Å²) in [6.45, 7) is 1.94. The van der Waals surface area contributed by atoms with Gasteiger partial charge in [0.25, 0.3) is 0 Å². The number of nitrogens with two attached hydrogens (primary N) is 1. The standard InChI is InChI=1S/C17H27N3O/c1-19-12-7-6-10-15(19)11-13-20(2)17(21)16(18)14-8-4-3-5-9-14/h3-5,8-9,15-16H,6-7,10-13,18H2,1-2H3. The minimum absolute atomic E-state index is 0.000312. The summed E-state index contributed by atoms with van der Waals surface area (Å²) in [6, 6.07) is 9.63. The largest absolute Gasteiger partial charge is 0.344 e. The second-order valence-electron chi connectivity index (χ2n) is 6.07. The van der Waals surface area contributed by atoms with Gasteiger partial charge in [-0.1, -0.05) is 36.8 Å². The molecule has 2 N–H and O–H groups in total. The van der Waals surface area contributed by atoms with Crippen molar-refractivity contribution in [3.63, 3.8) is 0 Å². The molecule has 2 unspecified atom stereocenters. The highest BCUT2D eigenvalue weighted by Gasteiger charge is 2.23. The number of nitrogens with zero attached hydrogens (tertiary/aromatic N) is 2. The molecule has 1 aliphatic heterocycles. The Morgan fingerprint density at radius 1 is 1.38 bits per heavy atom. The maximum Gasteiger partial charge on any atom is 0.243 e. The van der Waals surface area contributed by atoms with E-state index in [2.05, 4.69) is 11.9 Å². The average molecular weight is 289 g/mol. The van der Waals surface area contributed by atoms with E-state index in [0.29, 0.717) is 6.04 Å². The molecule has 0 spiro atoms. The fourth-order valence-electron chi connectivity index (χ4n) is 3.00. The van der Waals surface area contributed by atoms with Gasteiger partial charge >= 0.3 is 0 Å². The lowest BCUT2D eigenvalue weighted by molar-refractivity contribution is -0.131. The third kappa shape index (κ3) is 4.29. The van der Waals surface area contributed by atoms with Crippen LogP contribution in [0.5, 0.6) is 0 Å². The van der Waals surface area contributed by atoms with Gasteiger partial charge in [0.1, 0.15) is 6.04 Å². The van der Waals surface area contributed by atoms with Crippen molar-refractivity contribution < 1.29 is 4.79 Å². The number of rotatable bonds is 5. The lowest BCUT2D eigenvalue weighted by Crippen LogP contribution is -2.41. The van der Waals surface area contributed by atoms with E-state index in [-0.39, 0.29) is 5.91 Å². The number of hydrogen-bond acceptors (Lipinski definition) is 3. The maximum absolute atomic E-state index is 12.4. The maximum atomic E-state index is 12.4. The van der Waals surface area contributed by atoms with E-state index in [1.54, 1.807) is 4.90 Å². The van der Waals surface area contributed by atoms with Gasteiger partial charge in [-0.05, 0) is 38.4 Å². The molecule has 0 aromatic heterocycles. The quantitative estimate of drug-likeness (QED) is 0.902. The van der Waals surface area contributed by atoms with Crippen LogP contribution in [0.3, 0.4) is 0 Å². The molecule has 116 valence electrons.